The van der Waals surface area contributed by atoms with E-state index in [1.807, 2.05) is 24.3 Å². The predicted octanol–water partition coefficient (Wildman–Crippen LogP) is 3.60. The number of rotatable bonds is 3. The van der Waals surface area contributed by atoms with Gasteiger partial charge in [-0.15, -0.1) is 0 Å². The molecule has 0 heterocycles. The second kappa shape index (κ2) is 5.38. The first-order valence-electron chi connectivity index (χ1n) is 6.02. The first-order valence-corrected chi connectivity index (χ1v) is 6.52. The quantitative estimate of drug-likeness (QED) is 0.798. The van der Waals surface area contributed by atoms with Gasteiger partial charge in [-0.3, -0.25) is 0 Å². The third kappa shape index (κ3) is 3.52. The summed E-state index contributed by atoms with van der Waals surface area (Å²) in [5.41, 5.74) is 1.82. The molecule has 96 valence electrons. The SMILES string of the molecule is CC(C)([SH2+])c1ccc(Oc2ccc(C#N)cc2)cc1. The van der Waals surface area contributed by atoms with Crippen molar-refractivity contribution in [3.8, 4) is 17.6 Å². The Morgan fingerprint density at radius 3 is 1.84 bits per heavy atom. The van der Waals surface area contributed by atoms with Crippen LogP contribution in [-0.2, 0) is 17.4 Å². The molecule has 2 aromatic carbocycles. The summed E-state index contributed by atoms with van der Waals surface area (Å²) in [5, 5.41) is 8.73. The predicted molar refractivity (Wildman–Crippen MR) is 80.9 cm³/mol. The Bertz CT molecular complexity index is 589. The Morgan fingerprint density at radius 1 is 0.947 bits per heavy atom. The average molecular weight is 270 g/mol. The average Bonchev–Trinajstić information content (AvgIpc) is 2.39. The first kappa shape index (κ1) is 13.5. The van der Waals surface area contributed by atoms with Crippen LogP contribution in [0.25, 0.3) is 0 Å². The topological polar surface area (TPSA) is 33.0 Å². The number of nitrogens with zero attached hydrogens (tertiary/aromatic N) is 1. The van der Waals surface area contributed by atoms with E-state index in [-0.39, 0.29) is 4.75 Å². The number of hydrogen-bond acceptors (Lipinski definition) is 2. The third-order valence-electron chi connectivity index (χ3n) is 2.80. The van der Waals surface area contributed by atoms with E-state index in [9.17, 15) is 0 Å². The molecule has 0 saturated heterocycles. The van der Waals surface area contributed by atoms with E-state index in [0.717, 1.165) is 11.5 Å². The highest BCUT2D eigenvalue weighted by Crippen LogP contribution is 2.26. The van der Waals surface area contributed by atoms with Gasteiger partial charge in [0.1, 0.15) is 16.2 Å². The lowest BCUT2D eigenvalue weighted by Crippen LogP contribution is -2.11. The third-order valence-corrected chi connectivity index (χ3v) is 3.08. The molecule has 0 aliphatic heterocycles. The number of benzene rings is 2. The van der Waals surface area contributed by atoms with Gasteiger partial charge in [-0.05, 0) is 62.9 Å². The van der Waals surface area contributed by atoms with Crippen molar-refractivity contribution in [2.45, 2.75) is 18.6 Å². The Balaban J connectivity index is 2.13. The zero-order chi connectivity index (χ0) is 13.9. The normalized spacial score (nSPS) is 10.8. The van der Waals surface area contributed by atoms with Gasteiger partial charge in [-0.25, -0.2) is 0 Å². The van der Waals surface area contributed by atoms with Gasteiger partial charge in [0.05, 0.1) is 11.6 Å². The smallest absolute Gasteiger partial charge is 0.143 e. The molecule has 0 fully saturated rings. The van der Waals surface area contributed by atoms with Crippen molar-refractivity contribution in [1.82, 2.24) is 0 Å². The van der Waals surface area contributed by atoms with Crippen molar-refractivity contribution in [3.63, 3.8) is 0 Å². The van der Waals surface area contributed by atoms with Crippen LogP contribution >= 0.6 is 0 Å². The van der Waals surface area contributed by atoms with Gasteiger partial charge in [0, 0.05) is 5.56 Å². The number of hydrogen-bond donors (Lipinski definition) is 0. The number of ether oxygens (including phenoxy) is 1. The van der Waals surface area contributed by atoms with Gasteiger partial charge in [0.25, 0.3) is 0 Å². The summed E-state index contributed by atoms with van der Waals surface area (Å²) in [4.78, 5) is 0. The Morgan fingerprint density at radius 2 is 1.42 bits per heavy atom. The molecule has 0 atom stereocenters. The molecule has 0 saturated carbocycles. The molecular weight excluding hydrogens is 254 g/mol. The minimum atomic E-state index is -0.0486. The van der Waals surface area contributed by atoms with Crippen LogP contribution in [0.1, 0.15) is 25.0 Å². The molecular formula is C16H16NOS+. The van der Waals surface area contributed by atoms with Gasteiger partial charge in [-0.2, -0.15) is 5.26 Å². The second-order valence-corrected chi connectivity index (χ2v) is 6.14. The highest BCUT2D eigenvalue weighted by molar-refractivity contribution is 7.59. The molecule has 0 aliphatic rings. The summed E-state index contributed by atoms with van der Waals surface area (Å²) in [7, 11) is 0. The van der Waals surface area contributed by atoms with Gasteiger partial charge in [0.15, 0.2) is 0 Å². The van der Waals surface area contributed by atoms with Gasteiger partial charge in [-0.1, -0.05) is 12.1 Å². The molecule has 2 nitrogen and oxygen atoms in total. The van der Waals surface area contributed by atoms with Crippen LogP contribution in [0, 0.1) is 11.3 Å². The van der Waals surface area contributed by atoms with E-state index in [4.69, 9.17) is 10.00 Å². The van der Waals surface area contributed by atoms with Crippen molar-refractivity contribution in [1.29, 1.82) is 5.26 Å². The minimum Gasteiger partial charge on any atom is -0.457 e. The van der Waals surface area contributed by atoms with Gasteiger partial charge < -0.3 is 4.74 Å². The summed E-state index contributed by atoms with van der Waals surface area (Å²) in [6.07, 6.45) is 0. The van der Waals surface area contributed by atoms with Crippen molar-refractivity contribution >= 4 is 12.6 Å². The molecule has 0 spiro atoms. The highest BCUT2D eigenvalue weighted by atomic mass is 32.1. The van der Waals surface area contributed by atoms with Crippen LogP contribution in [0.15, 0.2) is 48.5 Å². The molecule has 0 aliphatic carbocycles. The summed E-state index contributed by atoms with van der Waals surface area (Å²) in [6.45, 7) is 4.20. The van der Waals surface area contributed by atoms with Crippen molar-refractivity contribution in [3.05, 3.63) is 59.7 Å². The molecule has 19 heavy (non-hydrogen) atoms. The van der Waals surface area contributed by atoms with E-state index in [1.54, 1.807) is 24.3 Å². The second-order valence-electron chi connectivity index (χ2n) is 4.89. The molecule has 2 rings (SSSR count). The zero-order valence-electron chi connectivity index (χ0n) is 11.0. The molecule has 0 unspecified atom stereocenters. The van der Waals surface area contributed by atoms with E-state index in [0.29, 0.717) is 5.56 Å². The first-order chi connectivity index (χ1) is 8.99. The van der Waals surface area contributed by atoms with Crippen molar-refractivity contribution in [2.24, 2.45) is 0 Å². The number of nitriles is 1. The van der Waals surface area contributed by atoms with Crippen LogP contribution in [0.4, 0.5) is 0 Å². The van der Waals surface area contributed by atoms with Crippen LogP contribution in [0.2, 0.25) is 0 Å². The maximum atomic E-state index is 8.73. The lowest BCUT2D eigenvalue weighted by atomic mass is 10.0. The Kier molecular flexibility index (Phi) is 3.82. The summed E-state index contributed by atoms with van der Waals surface area (Å²) in [5.74, 6) is 1.51. The van der Waals surface area contributed by atoms with Crippen molar-refractivity contribution in [2.75, 3.05) is 0 Å². The van der Waals surface area contributed by atoms with Crippen LogP contribution in [0.3, 0.4) is 0 Å². The molecule has 3 heteroatoms. The summed E-state index contributed by atoms with van der Waals surface area (Å²) in [6, 6.07) is 17.1. The monoisotopic (exact) mass is 270 g/mol. The lowest BCUT2D eigenvalue weighted by Gasteiger charge is -2.12. The molecule has 0 bridgehead atoms. The fourth-order valence-electron chi connectivity index (χ4n) is 1.67. The maximum Gasteiger partial charge on any atom is 0.143 e. The van der Waals surface area contributed by atoms with Crippen LogP contribution < -0.4 is 4.74 Å². The zero-order valence-corrected chi connectivity index (χ0v) is 12.0. The van der Waals surface area contributed by atoms with Gasteiger partial charge >= 0.3 is 0 Å². The van der Waals surface area contributed by atoms with Crippen LogP contribution in [-0.4, -0.2) is 0 Å². The van der Waals surface area contributed by atoms with E-state index >= 15 is 0 Å². The summed E-state index contributed by atoms with van der Waals surface area (Å²) >= 11 is 3.68. The largest absolute Gasteiger partial charge is 0.457 e. The van der Waals surface area contributed by atoms with E-state index in [2.05, 4.69) is 32.5 Å². The molecule has 0 amide bonds. The molecule has 2 aromatic rings. The molecule has 0 N–H and O–H groups in total. The van der Waals surface area contributed by atoms with Gasteiger partial charge in [0.2, 0.25) is 0 Å². The standard InChI is InChI=1S/C16H15NOS/c1-16(2,19)13-5-9-15(10-6-13)18-14-7-3-12(11-17)4-8-14/h3-10,19H,1-2H3/p+1. The fourth-order valence-corrected chi connectivity index (χ4v) is 1.84. The highest BCUT2D eigenvalue weighted by Gasteiger charge is 2.20. The lowest BCUT2D eigenvalue weighted by molar-refractivity contribution is 0.482. The molecule has 0 radical (unpaired) electrons. The summed E-state index contributed by atoms with van der Waals surface area (Å²) < 4.78 is 5.67. The van der Waals surface area contributed by atoms with Crippen molar-refractivity contribution < 1.29 is 4.74 Å². The minimum absolute atomic E-state index is 0.0486. The van der Waals surface area contributed by atoms with Crippen LogP contribution in [0.5, 0.6) is 11.5 Å². The van der Waals surface area contributed by atoms with E-state index < -0.39 is 0 Å². The Labute approximate surface area is 119 Å². The fraction of sp³-hybridized carbons (Fsp3) is 0.188. The van der Waals surface area contributed by atoms with E-state index in [1.165, 1.54) is 5.56 Å². The molecule has 0 aromatic heterocycles. The Hall–Kier alpha value is -1.92. The maximum absolute atomic E-state index is 8.73.